The molecular formula is C24H23N3O4. The van der Waals surface area contributed by atoms with E-state index < -0.39 is 6.04 Å². The fraction of sp³-hybridized carbons (Fsp3) is 0.167. The summed E-state index contributed by atoms with van der Waals surface area (Å²) in [6, 6.07) is 18.0. The predicted molar refractivity (Wildman–Crippen MR) is 123 cm³/mol. The highest BCUT2D eigenvalue weighted by Crippen LogP contribution is 2.36. The Labute approximate surface area is 179 Å². The Morgan fingerprint density at radius 2 is 1.68 bits per heavy atom. The summed E-state index contributed by atoms with van der Waals surface area (Å²) in [4.78, 5) is 24.1. The number of para-hydroxylation sites is 1. The van der Waals surface area contributed by atoms with Gasteiger partial charge >= 0.3 is 0 Å². The molecule has 4 rings (SSSR count). The third-order valence-corrected chi connectivity index (χ3v) is 4.92. The van der Waals surface area contributed by atoms with Gasteiger partial charge in [0.25, 0.3) is 0 Å². The highest BCUT2D eigenvalue weighted by atomic mass is 16.5. The van der Waals surface area contributed by atoms with Crippen molar-refractivity contribution >= 4 is 50.8 Å². The second-order valence-electron chi connectivity index (χ2n) is 7.26. The van der Waals surface area contributed by atoms with Gasteiger partial charge in [0, 0.05) is 35.1 Å². The van der Waals surface area contributed by atoms with Crippen molar-refractivity contribution in [3.8, 4) is 5.75 Å². The van der Waals surface area contributed by atoms with Crippen molar-refractivity contribution in [2.75, 3.05) is 23.1 Å². The molecule has 0 saturated heterocycles. The van der Waals surface area contributed by atoms with Crippen LogP contribution in [0.1, 0.15) is 13.8 Å². The summed E-state index contributed by atoms with van der Waals surface area (Å²) in [7, 11) is 1.56. The monoisotopic (exact) mass is 417 g/mol. The molecule has 0 fully saturated rings. The molecule has 1 atom stereocenters. The molecule has 1 aromatic heterocycles. The number of carbonyl (C=O) groups excluding carboxylic acids is 2. The van der Waals surface area contributed by atoms with E-state index in [0.29, 0.717) is 28.4 Å². The molecule has 158 valence electrons. The number of carbonyl (C=O) groups is 2. The fourth-order valence-corrected chi connectivity index (χ4v) is 3.46. The lowest BCUT2D eigenvalue weighted by atomic mass is 10.1. The van der Waals surface area contributed by atoms with Gasteiger partial charge in [0.1, 0.15) is 23.0 Å². The van der Waals surface area contributed by atoms with Crippen LogP contribution < -0.4 is 20.7 Å². The number of hydrogen-bond donors (Lipinski definition) is 3. The van der Waals surface area contributed by atoms with Gasteiger partial charge in [-0.25, -0.2) is 0 Å². The number of furan rings is 1. The second kappa shape index (κ2) is 8.39. The standard InChI is InChI=1S/C24H23N3O4/c1-14(25-16-7-6-8-17(11-16)26-15(2)28)24(29)27-20-13-22-19(12-23(20)30-3)18-9-4-5-10-21(18)31-22/h4-14,25H,1-3H3,(H,26,28)(H,27,29)/t14-/m1/s1. The van der Waals surface area contributed by atoms with E-state index in [1.54, 1.807) is 38.3 Å². The molecule has 3 aromatic carbocycles. The van der Waals surface area contributed by atoms with Crippen LogP contribution in [0.4, 0.5) is 17.1 Å². The molecule has 0 bridgehead atoms. The molecule has 7 heteroatoms. The van der Waals surface area contributed by atoms with Gasteiger partial charge in [-0.3, -0.25) is 9.59 Å². The summed E-state index contributed by atoms with van der Waals surface area (Å²) >= 11 is 0. The van der Waals surface area contributed by atoms with Gasteiger partial charge in [0.2, 0.25) is 11.8 Å². The Balaban J connectivity index is 1.54. The zero-order chi connectivity index (χ0) is 22.0. The number of hydrogen-bond acceptors (Lipinski definition) is 5. The summed E-state index contributed by atoms with van der Waals surface area (Å²) in [5.74, 6) is 0.155. The van der Waals surface area contributed by atoms with Crippen LogP contribution in [0, 0.1) is 0 Å². The molecule has 0 radical (unpaired) electrons. The first-order chi connectivity index (χ1) is 14.9. The molecule has 3 N–H and O–H groups in total. The first-order valence-electron chi connectivity index (χ1n) is 9.89. The molecule has 0 aliphatic rings. The quantitative estimate of drug-likeness (QED) is 0.411. The van der Waals surface area contributed by atoms with Crippen molar-refractivity contribution in [2.45, 2.75) is 19.9 Å². The molecule has 0 aliphatic carbocycles. The van der Waals surface area contributed by atoms with Gasteiger partial charge in [0.15, 0.2) is 0 Å². The molecule has 0 aliphatic heterocycles. The van der Waals surface area contributed by atoms with E-state index in [0.717, 1.165) is 16.4 Å². The molecule has 0 unspecified atom stereocenters. The number of benzene rings is 3. The molecule has 4 aromatic rings. The van der Waals surface area contributed by atoms with Gasteiger partial charge in [-0.15, -0.1) is 0 Å². The maximum atomic E-state index is 12.8. The topological polar surface area (TPSA) is 92.6 Å². The third kappa shape index (κ3) is 4.30. The summed E-state index contributed by atoms with van der Waals surface area (Å²) in [6.07, 6.45) is 0. The number of amides is 2. The number of anilines is 3. The Bertz CT molecular complexity index is 1280. The van der Waals surface area contributed by atoms with Crippen LogP contribution in [0.15, 0.2) is 65.1 Å². The van der Waals surface area contributed by atoms with Gasteiger partial charge in [-0.1, -0.05) is 24.3 Å². The minimum atomic E-state index is -0.538. The van der Waals surface area contributed by atoms with E-state index in [2.05, 4.69) is 16.0 Å². The Kier molecular flexibility index (Phi) is 5.49. The number of rotatable bonds is 6. The average Bonchev–Trinajstić information content (AvgIpc) is 3.10. The number of ether oxygens (including phenoxy) is 1. The van der Waals surface area contributed by atoms with Crippen LogP contribution in [0.25, 0.3) is 21.9 Å². The average molecular weight is 417 g/mol. The molecule has 31 heavy (non-hydrogen) atoms. The van der Waals surface area contributed by atoms with Crippen molar-refractivity contribution < 1.29 is 18.7 Å². The lowest BCUT2D eigenvalue weighted by Gasteiger charge is -2.17. The van der Waals surface area contributed by atoms with Crippen LogP contribution >= 0.6 is 0 Å². The SMILES string of the molecule is COc1cc2c(cc1NC(=O)[C@@H](C)Nc1cccc(NC(C)=O)c1)oc1ccccc12. The largest absolute Gasteiger partial charge is 0.495 e. The van der Waals surface area contributed by atoms with Crippen molar-refractivity contribution in [1.82, 2.24) is 0 Å². The van der Waals surface area contributed by atoms with E-state index in [1.165, 1.54) is 6.92 Å². The third-order valence-electron chi connectivity index (χ3n) is 4.92. The number of methoxy groups -OCH3 is 1. The minimum Gasteiger partial charge on any atom is -0.495 e. The minimum absolute atomic E-state index is 0.156. The van der Waals surface area contributed by atoms with Crippen molar-refractivity contribution in [3.05, 3.63) is 60.7 Å². The number of nitrogens with one attached hydrogen (secondary N) is 3. The second-order valence-corrected chi connectivity index (χ2v) is 7.26. The summed E-state index contributed by atoms with van der Waals surface area (Å²) in [6.45, 7) is 3.20. The summed E-state index contributed by atoms with van der Waals surface area (Å²) < 4.78 is 11.4. The van der Waals surface area contributed by atoms with Gasteiger partial charge < -0.3 is 25.1 Å². The van der Waals surface area contributed by atoms with Crippen molar-refractivity contribution in [1.29, 1.82) is 0 Å². The number of fused-ring (bicyclic) bond motifs is 3. The maximum absolute atomic E-state index is 12.8. The van der Waals surface area contributed by atoms with Crippen LogP contribution in [0.2, 0.25) is 0 Å². The molecule has 1 heterocycles. The van der Waals surface area contributed by atoms with Gasteiger partial charge in [-0.2, -0.15) is 0 Å². The lowest BCUT2D eigenvalue weighted by Crippen LogP contribution is -2.32. The first-order valence-corrected chi connectivity index (χ1v) is 9.89. The van der Waals surface area contributed by atoms with Crippen LogP contribution in [-0.2, 0) is 9.59 Å². The van der Waals surface area contributed by atoms with Crippen molar-refractivity contribution in [2.24, 2.45) is 0 Å². The Hall–Kier alpha value is -4.00. The highest BCUT2D eigenvalue weighted by molar-refractivity contribution is 6.08. The molecule has 7 nitrogen and oxygen atoms in total. The van der Waals surface area contributed by atoms with Gasteiger partial charge in [-0.05, 0) is 37.3 Å². The lowest BCUT2D eigenvalue weighted by molar-refractivity contribution is -0.116. The Morgan fingerprint density at radius 1 is 0.903 bits per heavy atom. The van der Waals surface area contributed by atoms with E-state index in [4.69, 9.17) is 9.15 Å². The predicted octanol–water partition coefficient (Wildman–Crippen LogP) is 4.99. The van der Waals surface area contributed by atoms with E-state index in [9.17, 15) is 9.59 Å². The normalized spacial score (nSPS) is 11.8. The van der Waals surface area contributed by atoms with Gasteiger partial charge in [0.05, 0.1) is 12.8 Å². The van der Waals surface area contributed by atoms with E-state index in [-0.39, 0.29) is 11.8 Å². The smallest absolute Gasteiger partial charge is 0.246 e. The van der Waals surface area contributed by atoms with Crippen LogP contribution in [0.5, 0.6) is 5.75 Å². The summed E-state index contributed by atoms with van der Waals surface area (Å²) in [5, 5.41) is 10.7. The summed E-state index contributed by atoms with van der Waals surface area (Å²) in [5.41, 5.74) is 3.34. The fourth-order valence-electron chi connectivity index (χ4n) is 3.46. The highest BCUT2D eigenvalue weighted by Gasteiger charge is 2.18. The van der Waals surface area contributed by atoms with Crippen LogP contribution in [-0.4, -0.2) is 25.0 Å². The zero-order valence-electron chi connectivity index (χ0n) is 17.5. The first kappa shape index (κ1) is 20.3. The molecule has 2 amide bonds. The van der Waals surface area contributed by atoms with Crippen molar-refractivity contribution in [3.63, 3.8) is 0 Å². The Morgan fingerprint density at radius 3 is 2.45 bits per heavy atom. The van der Waals surface area contributed by atoms with E-state index >= 15 is 0 Å². The molecular weight excluding hydrogens is 394 g/mol. The molecule has 0 spiro atoms. The maximum Gasteiger partial charge on any atom is 0.246 e. The van der Waals surface area contributed by atoms with Crippen LogP contribution in [0.3, 0.4) is 0 Å². The zero-order valence-corrected chi connectivity index (χ0v) is 17.5. The molecule has 0 saturated carbocycles. The van der Waals surface area contributed by atoms with E-state index in [1.807, 2.05) is 36.4 Å².